The fourth-order valence-electron chi connectivity index (χ4n) is 3.52. The Morgan fingerprint density at radius 1 is 1.26 bits per heavy atom. The van der Waals surface area contributed by atoms with Gasteiger partial charge in [-0.15, -0.1) is 0 Å². The number of fused-ring (bicyclic) bond motifs is 2. The van der Waals surface area contributed by atoms with Gasteiger partial charge in [0.15, 0.2) is 0 Å². The minimum Gasteiger partial charge on any atom is -0.478 e. The third-order valence-electron chi connectivity index (χ3n) is 4.80. The minimum absolute atomic E-state index is 0.0144. The highest BCUT2D eigenvalue weighted by Gasteiger charge is 2.65. The average Bonchev–Trinajstić information content (AvgIpc) is 3.25. The molecule has 4 rings (SSSR count). The Kier molecular flexibility index (Phi) is 2.61. The van der Waals surface area contributed by atoms with E-state index in [9.17, 15) is 14.7 Å². The van der Waals surface area contributed by atoms with Crippen molar-refractivity contribution in [2.45, 2.75) is 17.8 Å². The van der Waals surface area contributed by atoms with E-state index in [-0.39, 0.29) is 17.4 Å². The summed E-state index contributed by atoms with van der Waals surface area (Å²) in [5.74, 6) is -1.07. The zero-order chi connectivity index (χ0) is 16.2. The number of hydrogen-bond acceptors (Lipinski definition) is 3. The van der Waals surface area contributed by atoms with E-state index in [1.807, 2.05) is 12.1 Å². The van der Waals surface area contributed by atoms with Gasteiger partial charge < -0.3 is 10.4 Å². The topological polar surface area (TPSA) is 90.2 Å². The Bertz CT molecular complexity index is 895. The highest BCUT2D eigenvalue weighted by atomic mass is 16.4. The van der Waals surface area contributed by atoms with Crippen molar-refractivity contribution in [1.82, 2.24) is 0 Å². The first kappa shape index (κ1) is 13.5. The molecule has 1 heterocycles. The molecule has 2 N–H and O–H groups in total. The summed E-state index contributed by atoms with van der Waals surface area (Å²) < 4.78 is 0. The summed E-state index contributed by atoms with van der Waals surface area (Å²) in [6, 6.07) is 14.0. The monoisotopic (exact) mass is 304 g/mol. The van der Waals surface area contributed by atoms with Crippen LogP contribution in [0.1, 0.15) is 39.4 Å². The summed E-state index contributed by atoms with van der Waals surface area (Å²) in [6.07, 6.45) is 0.654. The van der Waals surface area contributed by atoms with E-state index in [1.165, 1.54) is 6.07 Å². The van der Waals surface area contributed by atoms with Gasteiger partial charge in [0.1, 0.15) is 0 Å². The highest BCUT2D eigenvalue weighted by Crippen LogP contribution is 2.64. The van der Waals surface area contributed by atoms with Gasteiger partial charge in [0, 0.05) is 11.6 Å². The van der Waals surface area contributed by atoms with Crippen molar-refractivity contribution in [3.05, 3.63) is 64.7 Å². The number of anilines is 1. The molecule has 1 fully saturated rings. The Hall–Kier alpha value is -3.13. The number of carbonyl (C=O) groups excluding carboxylic acids is 1. The Balaban J connectivity index is 1.76. The van der Waals surface area contributed by atoms with E-state index in [1.54, 1.807) is 24.3 Å². The molecule has 2 aliphatic rings. The van der Waals surface area contributed by atoms with E-state index >= 15 is 0 Å². The number of hydrogen-bond donors (Lipinski definition) is 2. The summed E-state index contributed by atoms with van der Waals surface area (Å²) >= 11 is 0. The molecule has 0 saturated heterocycles. The fourth-order valence-corrected chi connectivity index (χ4v) is 3.52. The Morgan fingerprint density at radius 3 is 2.65 bits per heavy atom. The lowest BCUT2D eigenvalue weighted by Crippen LogP contribution is -2.21. The third kappa shape index (κ3) is 1.78. The van der Waals surface area contributed by atoms with Gasteiger partial charge in [0.05, 0.1) is 22.6 Å². The Morgan fingerprint density at radius 2 is 2.00 bits per heavy atom. The predicted octanol–water partition coefficient (Wildman–Crippen LogP) is 2.63. The number of nitriles is 1. The molecule has 1 spiro atoms. The molecule has 1 aliphatic heterocycles. The van der Waals surface area contributed by atoms with Gasteiger partial charge in [-0.05, 0) is 47.9 Å². The quantitative estimate of drug-likeness (QED) is 0.892. The fraction of sp³-hybridized carbons (Fsp3) is 0.167. The number of aromatic carboxylic acids is 1. The molecule has 5 heteroatoms. The van der Waals surface area contributed by atoms with E-state index < -0.39 is 11.4 Å². The van der Waals surface area contributed by atoms with E-state index in [2.05, 4.69) is 11.4 Å². The average molecular weight is 304 g/mol. The first-order valence-corrected chi connectivity index (χ1v) is 7.25. The van der Waals surface area contributed by atoms with Crippen LogP contribution in [0.25, 0.3) is 0 Å². The number of rotatable bonds is 2. The van der Waals surface area contributed by atoms with Crippen molar-refractivity contribution < 1.29 is 14.7 Å². The highest BCUT2D eigenvalue weighted by molar-refractivity contribution is 6.10. The first-order valence-electron chi connectivity index (χ1n) is 7.25. The summed E-state index contributed by atoms with van der Waals surface area (Å²) in [5, 5.41) is 20.9. The Labute approximate surface area is 132 Å². The molecule has 0 aromatic heterocycles. The van der Waals surface area contributed by atoms with Gasteiger partial charge in [-0.3, -0.25) is 4.79 Å². The number of carbonyl (C=O) groups is 2. The second-order valence-corrected chi connectivity index (χ2v) is 5.98. The molecule has 1 saturated carbocycles. The smallest absolute Gasteiger partial charge is 0.335 e. The molecule has 0 unspecified atom stereocenters. The van der Waals surface area contributed by atoms with Gasteiger partial charge in [-0.2, -0.15) is 5.26 Å². The second-order valence-electron chi connectivity index (χ2n) is 5.98. The van der Waals surface area contributed by atoms with Crippen LogP contribution in [0.3, 0.4) is 0 Å². The van der Waals surface area contributed by atoms with Gasteiger partial charge in [-0.25, -0.2) is 4.79 Å². The van der Waals surface area contributed by atoms with E-state index in [0.717, 1.165) is 11.1 Å². The van der Waals surface area contributed by atoms with Crippen LogP contribution < -0.4 is 5.32 Å². The number of amides is 1. The van der Waals surface area contributed by atoms with Gasteiger partial charge in [-0.1, -0.05) is 12.1 Å². The van der Waals surface area contributed by atoms with Crippen molar-refractivity contribution in [3.8, 4) is 6.07 Å². The molecule has 23 heavy (non-hydrogen) atoms. The van der Waals surface area contributed by atoms with Crippen molar-refractivity contribution in [2.75, 3.05) is 5.32 Å². The van der Waals surface area contributed by atoms with Crippen LogP contribution in [-0.4, -0.2) is 17.0 Å². The summed E-state index contributed by atoms with van der Waals surface area (Å²) in [7, 11) is 0. The van der Waals surface area contributed by atoms with Crippen molar-refractivity contribution in [1.29, 1.82) is 5.26 Å². The van der Waals surface area contributed by atoms with Gasteiger partial charge >= 0.3 is 5.97 Å². The standard InChI is InChI=1S/C18H12N2O3/c19-9-10-1-3-11(4-2-10)14-8-18(14)13-7-12(16(21)22)5-6-15(13)20-17(18)23/h1-7,14H,8H2,(H,20,23)(H,21,22)/t14-,18-/m0/s1. The largest absolute Gasteiger partial charge is 0.478 e. The molecule has 1 amide bonds. The number of benzene rings is 2. The molecule has 1 aliphatic carbocycles. The summed E-state index contributed by atoms with van der Waals surface area (Å²) in [4.78, 5) is 23.7. The molecular weight excluding hydrogens is 292 g/mol. The van der Waals surface area contributed by atoms with Gasteiger partial charge in [0.25, 0.3) is 0 Å². The van der Waals surface area contributed by atoms with Crippen LogP contribution in [0.5, 0.6) is 0 Å². The lowest BCUT2D eigenvalue weighted by Gasteiger charge is -2.09. The van der Waals surface area contributed by atoms with Crippen LogP contribution >= 0.6 is 0 Å². The number of nitrogens with zero attached hydrogens (tertiary/aromatic N) is 1. The molecule has 2 aromatic carbocycles. The number of carboxylic acid groups (broad SMARTS) is 1. The van der Waals surface area contributed by atoms with Crippen molar-refractivity contribution >= 4 is 17.6 Å². The normalized spacial score (nSPS) is 24.0. The number of carboxylic acids is 1. The van der Waals surface area contributed by atoms with Crippen LogP contribution in [0.4, 0.5) is 5.69 Å². The van der Waals surface area contributed by atoms with E-state index in [4.69, 9.17) is 5.26 Å². The maximum absolute atomic E-state index is 12.5. The predicted molar refractivity (Wildman–Crippen MR) is 82.2 cm³/mol. The first-order chi connectivity index (χ1) is 11.1. The SMILES string of the molecule is N#Cc1ccc([C@@H]2C[C@@]23C(=O)Nc2ccc(C(=O)O)cc23)cc1. The molecular formula is C18H12N2O3. The van der Waals surface area contributed by atoms with E-state index in [0.29, 0.717) is 17.7 Å². The molecule has 112 valence electrons. The van der Waals surface area contributed by atoms with Crippen LogP contribution in [0, 0.1) is 11.3 Å². The summed E-state index contributed by atoms with van der Waals surface area (Å²) in [6.45, 7) is 0. The van der Waals surface area contributed by atoms with Gasteiger partial charge in [0.2, 0.25) is 5.91 Å². The van der Waals surface area contributed by atoms with Crippen LogP contribution in [0.2, 0.25) is 0 Å². The lowest BCUT2D eigenvalue weighted by atomic mass is 9.91. The maximum Gasteiger partial charge on any atom is 0.335 e. The lowest BCUT2D eigenvalue weighted by molar-refractivity contribution is -0.118. The third-order valence-corrected chi connectivity index (χ3v) is 4.80. The number of nitrogens with one attached hydrogen (secondary N) is 1. The maximum atomic E-state index is 12.5. The molecule has 2 aromatic rings. The molecule has 0 radical (unpaired) electrons. The minimum atomic E-state index is -1.00. The van der Waals surface area contributed by atoms with Crippen LogP contribution in [-0.2, 0) is 10.2 Å². The van der Waals surface area contributed by atoms with Crippen molar-refractivity contribution in [2.24, 2.45) is 0 Å². The zero-order valence-corrected chi connectivity index (χ0v) is 12.0. The molecule has 5 nitrogen and oxygen atoms in total. The summed E-state index contributed by atoms with van der Waals surface area (Å²) in [5.41, 5.74) is 2.54. The van der Waals surface area contributed by atoms with Crippen LogP contribution in [0.15, 0.2) is 42.5 Å². The zero-order valence-electron chi connectivity index (χ0n) is 12.0. The van der Waals surface area contributed by atoms with Crippen molar-refractivity contribution in [3.63, 3.8) is 0 Å². The second kappa shape index (κ2) is 4.43. The molecule has 2 atom stereocenters. The molecule has 0 bridgehead atoms.